The molecular weight excluding hydrogens is 400 g/mol. The van der Waals surface area contributed by atoms with E-state index in [9.17, 15) is 13.2 Å². The maximum atomic E-state index is 12.8. The second-order valence-corrected chi connectivity index (χ2v) is 8.84. The average Bonchev–Trinajstić information content (AvgIpc) is 3.23. The molecule has 1 N–H and O–H groups in total. The van der Waals surface area contributed by atoms with Crippen LogP contribution in [-0.4, -0.2) is 46.0 Å². The zero-order valence-electron chi connectivity index (χ0n) is 15.7. The minimum Gasteiger partial charge on any atom is -0.496 e. The number of methoxy groups -OCH3 is 1. The average molecular weight is 423 g/mol. The lowest BCUT2D eigenvalue weighted by molar-refractivity contribution is 0.0789. The van der Waals surface area contributed by atoms with Crippen molar-refractivity contribution in [3.63, 3.8) is 0 Å². The molecule has 150 valence electrons. The van der Waals surface area contributed by atoms with Crippen LogP contribution in [0, 0.1) is 0 Å². The molecule has 6 nitrogen and oxygen atoms in total. The van der Waals surface area contributed by atoms with Crippen LogP contribution >= 0.6 is 11.6 Å². The number of ether oxygens (including phenoxy) is 1. The van der Waals surface area contributed by atoms with Crippen LogP contribution in [0.25, 0.3) is 0 Å². The smallest absolute Gasteiger partial charge is 0.257 e. The van der Waals surface area contributed by atoms with Crippen molar-refractivity contribution in [2.75, 3.05) is 26.7 Å². The Balaban J connectivity index is 1.74. The van der Waals surface area contributed by atoms with Crippen molar-refractivity contribution in [2.24, 2.45) is 0 Å². The molecule has 0 unspecified atom stereocenters. The van der Waals surface area contributed by atoms with Gasteiger partial charge in [-0.1, -0.05) is 23.7 Å². The third-order valence-corrected chi connectivity index (χ3v) is 6.43. The second kappa shape index (κ2) is 8.94. The van der Waals surface area contributed by atoms with Crippen molar-refractivity contribution in [2.45, 2.75) is 24.2 Å². The summed E-state index contributed by atoms with van der Waals surface area (Å²) in [6, 6.07) is 11.6. The van der Waals surface area contributed by atoms with Gasteiger partial charge in [0.2, 0.25) is 10.0 Å². The van der Waals surface area contributed by atoms with Crippen LogP contribution in [0.5, 0.6) is 5.75 Å². The van der Waals surface area contributed by atoms with Crippen molar-refractivity contribution in [3.05, 3.63) is 58.6 Å². The molecule has 28 heavy (non-hydrogen) atoms. The standard InChI is InChI=1S/C20H23ClN2O4S/c1-27-19-9-8-17(14-18(19)20(24)23-12-2-3-13-23)28(25,26)22-11-10-15-4-6-16(21)7-5-15/h4-9,14,22H,2-3,10-13H2,1H3. The van der Waals surface area contributed by atoms with Crippen molar-refractivity contribution in [1.82, 2.24) is 9.62 Å². The third kappa shape index (κ3) is 4.84. The van der Waals surface area contributed by atoms with E-state index in [1.807, 2.05) is 12.1 Å². The summed E-state index contributed by atoms with van der Waals surface area (Å²) < 4.78 is 33.2. The largest absolute Gasteiger partial charge is 0.496 e. The van der Waals surface area contributed by atoms with Crippen LogP contribution in [0.4, 0.5) is 0 Å². The first-order valence-corrected chi connectivity index (χ1v) is 11.0. The van der Waals surface area contributed by atoms with Crippen LogP contribution in [-0.2, 0) is 16.4 Å². The first-order chi connectivity index (χ1) is 13.4. The van der Waals surface area contributed by atoms with Gasteiger partial charge in [-0.25, -0.2) is 13.1 Å². The van der Waals surface area contributed by atoms with Gasteiger partial charge in [-0.3, -0.25) is 4.79 Å². The van der Waals surface area contributed by atoms with Gasteiger partial charge in [-0.2, -0.15) is 0 Å². The number of rotatable bonds is 7. The molecule has 0 bridgehead atoms. The Kier molecular flexibility index (Phi) is 6.59. The normalized spacial score (nSPS) is 14.3. The van der Waals surface area contributed by atoms with Crippen LogP contribution in [0.2, 0.25) is 5.02 Å². The van der Waals surface area contributed by atoms with Crippen molar-refractivity contribution in [3.8, 4) is 5.75 Å². The minimum atomic E-state index is -3.75. The highest BCUT2D eigenvalue weighted by molar-refractivity contribution is 7.89. The number of nitrogens with one attached hydrogen (secondary N) is 1. The van der Waals surface area contributed by atoms with E-state index in [0.29, 0.717) is 30.3 Å². The number of carbonyl (C=O) groups excluding carboxylic acids is 1. The maximum absolute atomic E-state index is 12.8. The number of carbonyl (C=O) groups is 1. The Morgan fingerprint density at radius 2 is 1.82 bits per heavy atom. The van der Waals surface area contributed by atoms with Gasteiger partial charge in [-0.15, -0.1) is 0 Å². The van der Waals surface area contributed by atoms with E-state index in [-0.39, 0.29) is 22.9 Å². The van der Waals surface area contributed by atoms with Gasteiger partial charge in [0.15, 0.2) is 0 Å². The highest BCUT2D eigenvalue weighted by Gasteiger charge is 2.25. The van der Waals surface area contributed by atoms with Gasteiger partial charge in [0.25, 0.3) is 5.91 Å². The van der Waals surface area contributed by atoms with E-state index in [0.717, 1.165) is 18.4 Å². The lowest BCUT2D eigenvalue weighted by Crippen LogP contribution is -2.29. The summed E-state index contributed by atoms with van der Waals surface area (Å²) in [7, 11) is -2.28. The molecule has 1 heterocycles. The molecule has 1 saturated heterocycles. The number of halogens is 1. The van der Waals surface area contributed by atoms with E-state index < -0.39 is 10.0 Å². The molecule has 0 aromatic heterocycles. The molecule has 1 amide bonds. The van der Waals surface area contributed by atoms with Crippen LogP contribution < -0.4 is 9.46 Å². The van der Waals surface area contributed by atoms with Gasteiger partial charge in [-0.05, 0) is 55.2 Å². The summed E-state index contributed by atoms with van der Waals surface area (Å²) in [5.41, 5.74) is 1.25. The zero-order chi connectivity index (χ0) is 20.1. The molecule has 0 aliphatic carbocycles. The fourth-order valence-corrected chi connectivity index (χ4v) is 4.36. The highest BCUT2D eigenvalue weighted by Crippen LogP contribution is 2.25. The third-order valence-electron chi connectivity index (χ3n) is 4.72. The van der Waals surface area contributed by atoms with E-state index >= 15 is 0 Å². The van der Waals surface area contributed by atoms with Crippen LogP contribution in [0.15, 0.2) is 47.4 Å². The molecule has 2 aromatic carbocycles. The van der Waals surface area contributed by atoms with Gasteiger partial charge in [0, 0.05) is 24.7 Å². The summed E-state index contributed by atoms with van der Waals surface area (Å²) >= 11 is 5.86. The quantitative estimate of drug-likeness (QED) is 0.743. The first-order valence-electron chi connectivity index (χ1n) is 9.12. The molecule has 0 spiro atoms. The maximum Gasteiger partial charge on any atom is 0.257 e. The summed E-state index contributed by atoms with van der Waals surface area (Å²) in [6.45, 7) is 1.60. The molecule has 0 radical (unpaired) electrons. The molecule has 3 rings (SSSR count). The van der Waals surface area contributed by atoms with Crippen molar-refractivity contribution < 1.29 is 17.9 Å². The van der Waals surface area contributed by atoms with Crippen LogP contribution in [0.3, 0.4) is 0 Å². The van der Waals surface area contributed by atoms with Crippen molar-refractivity contribution >= 4 is 27.5 Å². The number of amides is 1. The number of nitrogens with zero attached hydrogens (tertiary/aromatic N) is 1. The Hall–Kier alpha value is -2.09. The summed E-state index contributed by atoms with van der Waals surface area (Å²) in [4.78, 5) is 14.5. The Morgan fingerprint density at radius 3 is 2.46 bits per heavy atom. The van der Waals surface area contributed by atoms with E-state index in [2.05, 4.69) is 4.72 Å². The van der Waals surface area contributed by atoms with E-state index in [1.165, 1.54) is 25.3 Å². The number of hydrogen-bond acceptors (Lipinski definition) is 4. The summed E-state index contributed by atoms with van der Waals surface area (Å²) in [5, 5.41) is 0.637. The monoisotopic (exact) mass is 422 g/mol. The lowest BCUT2D eigenvalue weighted by atomic mass is 10.1. The highest BCUT2D eigenvalue weighted by atomic mass is 35.5. The fraction of sp³-hybridized carbons (Fsp3) is 0.350. The Morgan fingerprint density at radius 1 is 1.14 bits per heavy atom. The number of likely N-dealkylation sites (tertiary alicyclic amines) is 1. The fourth-order valence-electron chi connectivity index (χ4n) is 3.18. The van der Waals surface area contributed by atoms with Crippen molar-refractivity contribution in [1.29, 1.82) is 0 Å². The molecule has 1 aliphatic heterocycles. The van der Waals surface area contributed by atoms with Gasteiger partial charge in [0.05, 0.1) is 17.6 Å². The van der Waals surface area contributed by atoms with Gasteiger partial charge in [0.1, 0.15) is 5.75 Å². The first kappa shape index (κ1) is 20.6. The lowest BCUT2D eigenvalue weighted by Gasteiger charge is -2.18. The minimum absolute atomic E-state index is 0.0481. The molecular formula is C20H23ClN2O4S. The molecule has 2 aromatic rings. The predicted octanol–water partition coefficient (Wildman–Crippen LogP) is 3.11. The Labute approximate surface area is 170 Å². The topological polar surface area (TPSA) is 75.7 Å². The number of sulfonamides is 1. The predicted molar refractivity (Wildman–Crippen MR) is 108 cm³/mol. The molecule has 8 heteroatoms. The molecule has 1 aliphatic rings. The number of benzene rings is 2. The van der Waals surface area contributed by atoms with E-state index in [4.69, 9.17) is 16.3 Å². The number of hydrogen-bond donors (Lipinski definition) is 1. The molecule has 1 fully saturated rings. The molecule has 0 atom stereocenters. The van der Waals surface area contributed by atoms with Crippen LogP contribution in [0.1, 0.15) is 28.8 Å². The summed E-state index contributed by atoms with van der Waals surface area (Å²) in [6.07, 6.45) is 2.45. The Bertz CT molecular complexity index is 939. The second-order valence-electron chi connectivity index (χ2n) is 6.64. The molecule has 0 saturated carbocycles. The zero-order valence-corrected chi connectivity index (χ0v) is 17.2. The van der Waals surface area contributed by atoms with Gasteiger partial charge >= 0.3 is 0 Å². The SMILES string of the molecule is COc1ccc(S(=O)(=O)NCCc2ccc(Cl)cc2)cc1C(=O)N1CCCC1. The summed E-state index contributed by atoms with van der Waals surface area (Å²) in [5.74, 6) is 0.171. The van der Waals surface area contributed by atoms with E-state index in [1.54, 1.807) is 17.0 Å². The van der Waals surface area contributed by atoms with Gasteiger partial charge < -0.3 is 9.64 Å².